The number of hydrogen-bond donors (Lipinski definition) is 0. The second kappa shape index (κ2) is 3.95. The summed E-state index contributed by atoms with van der Waals surface area (Å²) in [5.74, 6) is 0. The van der Waals surface area contributed by atoms with Gasteiger partial charge in [0.25, 0.3) is 0 Å². The van der Waals surface area contributed by atoms with Crippen LogP contribution >= 0.6 is 0 Å². The molecule has 96 valence electrons. The lowest BCUT2D eigenvalue weighted by molar-refractivity contribution is -0.136. The molecule has 0 aliphatic rings. The van der Waals surface area contributed by atoms with Crippen molar-refractivity contribution in [2.75, 3.05) is 0 Å². The highest BCUT2D eigenvalue weighted by molar-refractivity contribution is 6.06. The van der Waals surface area contributed by atoms with Crippen molar-refractivity contribution in [2.45, 2.75) is 13.1 Å². The zero-order valence-electron chi connectivity index (χ0n) is 10.1. The molecule has 0 spiro atoms. The number of nitrogens with zero attached hydrogens (tertiary/aromatic N) is 1. The minimum atomic E-state index is -4.37. The summed E-state index contributed by atoms with van der Waals surface area (Å²) in [5, 5.41) is 1.78. The number of aromatic nitrogens is 1. The van der Waals surface area contributed by atoms with Crippen LogP contribution in [0.15, 0.2) is 42.5 Å². The standard InChI is InChI=1S/C15H10F3N/c1-9-8-13(15(16,17)18)12-7-6-10-4-2-3-5-11(10)14(12)19-9/h2-8H,1H3. The van der Waals surface area contributed by atoms with Gasteiger partial charge in [0.15, 0.2) is 0 Å². The average molecular weight is 261 g/mol. The normalized spacial score (nSPS) is 12.2. The van der Waals surface area contributed by atoms with Gasteiger partial charge in [-0.3, -0.25) is 4.98 Å². The second-order valence-corrected chi connectivity index (χ2v) is 4.49. The minimum Gasteiger partial charge on any atom is -0.252 e. The van der Waals surface area contributed by atoms with Crippen LogP contribution in [0.4, 0.5) is 13.2 Å². The van der Waals surface area contributed by atoms with Crippen LogP contribution in [0.25, 0.3) is 21.7 Å². The molecule has 1 heterocycles. The van der Waals surface area contributed by atoms with Gasteiger partial charge in [-0.05, 0) is 18.4 Å². The second-order valence-electron chi connectivity index (χ2n) is 4.49. The Kier molecular flexibility index (Phi) is 2.49. The van der Waals surface area contributed by atoms with Gasteiger partial charge in [0.1, 0.15) is 0 Å². The van der Waals surface area contributed by atoms with E-state index in [1.54, 1.807) is 25.1 Å². The van der Waals surface area contributed by atoms with Crippen LogP contribution in [0.1, 0.15) is 11.3 Å². The molecule has 19 heavy (non-hydrogen) atoms. The lowest BCUT2D eigenvalue weighted by atomic mass is 10.0. The van der Waals surface area contributed by atoms with E-state index in [1.165, 1.54) is 6.07 Å². The van der Waals surface area contributed by atoms with Gasteiger partial charge >= 0.3 is 6.18 Å². The van der Waals surface area contributed by atoms with Crippen LogP contribution < -0.4 is 0 Å². The van der Waals surface area contributed by atoms with Crippen LogP contribution in [0.2, 0.25) is 0 Å². The zero-order valence-corrected chi connectivity index (χ0v) is 10.1. The molecule has 0 saturated heterocycles. The molecule has 0 bridgehead atoms. The lowest BCUT2D eigenvalue weighted by Crippen LogP contribution is -2.07. The molecule has 2 aromatic carbocycles. The van der Waals surface area contributed by atoms with Crippen LogP contribution in [0.5, 0.6) is 0 Å². The highest BCUT2D eigenvalue weighted by atomic mass is 19.4. The fourth-order valence-corrected chi connectivity index (χ4v) is 2.32. The minimum absolute atomic E-state index is 0.150. The number of pyridine rings is 1. The fourth-order valence-electron chi connectivity index (χ4n) is 2.32. The summed E-state index contributed by atoms with van der Waals surface area (Å²) >= 11 is 0. The van der Waals surface area contributed by atoms with Gasteiger partial charge in [-0.1, -0.05) is 36.4 Å². The summed E-state index contributed by atoms with van der Waals surface area (Å²) in [5.41, 5.74) is 0.155. The Morgan fingerprint density at radius 1 is 0.947 bits per heavy atom. The van der Waals surface area contributed by atoms with Gasteiger partial charge in [0.05, 0.1) is 11.1 Å². The molecule has 0 amide bonds. The van der Waals surface area contributed by atoms with Crippen LogP contribution in [-0.2, 0) is 6.18 Å². The average Bonchev–Trinajstić information content (AvgIpc) is 2.36. The van der Waals surface area contributed by atoms with Gasteiger partial charge in [0.2, 0.25) is 0 Å². The van der Waals surface area contributed by atoms with Crippen LogP contribution in [-0.4, -0.2) is 4.98 Å². The third-order valence-electron chi connectivity index (χ3n) is 3.14. The Morgan fingerprint density at radius 3 is 2.42 bits per heavy atom. The number of aryl methyl sites for hydroxylation is 1. The predicted octanol–water partition coefficient (Wildman–Crippen LogP) is 4.72. The predicted molar refractivity (Wildman–Crippen MR) is 69.0 cm³/mol. The molecule has 3 aromatic rings. The monoisotopic (exact) mass is 261 g/mol. The van der Waals surface area contributed by atoms with Crippen molar-refractivity contribution < 1.29 is 13.2 Å². The van der Waals surface area contributed by atoms with Crippen molar-refractivity contribution in [1.29, 1.82) is 0 Å². The molecule has 4 heteroatoms. The summed E-state index contributed by atoms with van der Waals surface area (Å²) in [7, 11) is 0. The maximum absolute atomic E-state index is 13.1. The largest absolute Gasteiger partial charge is 0.417 e. The highest BCUT2D eigenvalue weighted by Crippen LogP contribution is 2.36. The topological polar surface area (TPSA) is 12.9 Å². The number of alkyl halides is 3. The molecule has 0 radical (unpaired) electrons. The van der Waals surface area contributed by atoms with E-state index in [9.17, 15) is 13.2 Å². The summed E-state index contributed by atoms with van der Waals surface area (Å²) in [6.45, 7) is 1.58. The quantitative estimate of drug-likeness (QED) is 0.534. The van der Waals surface area contributed by atoms with Gasteiger partial charge in [-0.25, -0.2) is 0 Å². The van der Waals surface area contributed by atoms with Crippen molar-refractivity contribution in [3.63, 3.8) is 0 Å². The first-order valence-corrected chi connectivity index (χ1v) is 5.83. The van der Waals surface area contributed by atoms with Crippen molar-refractivity contribution in [3.05, 3.63) is 53.7 Å². The van der Waals surface area contributed by atoms with Crippen molar-refractivity contribution in [1.82, 2.24) is 4.98 Å². The van der Waals surface area contributed by atoms with Crippen molar-refractivity contribution in [3.8, 4) is 0 Å². The number of fused-ring (bicyclic) bond motifs is 3. The maximum Gasteiger partial charge on any atom is 0.417 e. The fraction of sp³-hybridized carbons (Fsp3) is 0.133. The van der Waals surface area contributed by atoms with E-state index in [0.29, 0.717) is 11.2 Å². The smallest absolute Gasteiger partial charge is 0.252 e. The van der Waals surface area contributed by atoms with Gasteiger partial charge in [-0.2, -0.15) is 13.2 Å². The zero-order chi connectivity index (χ0) is 13.6. The summed E-state index contributed by atoms with van der Waals surface area (Å²) < 4.78 is 39.2. The van der Waals surface area contributed by atoms with Crippen molar-refractivity contribution >= 4 is 21.7 Å². The maximum atomic E-state index is 13.1. The van der Waals surface area contributed by atoms with E-state index < -0.39 is 11.7 Å². The third kappa shape index (κ3) is 1.93. The Hall–Kier alpha value is -2.10. The Bertz CT molecular complexity index is 775. The number of halogens is 3. The number of hydrogen-bond acceptors (Lipinski definition) is 1. The molecule has 0 saturated carbocycles. The molecule has 0 fully saturated rings. The van der Waals surface area contributed by atoms with Gasteiger partial charge < -0.3 is 0 Å². The molecular weight excluding hydrogens is 251 g/mol. The van der Waals surface area contributed by atoms with Gasteiger partial charge in [0, 0.05) is 16.5 Å². The molecule has 1 aromatic heterocycles. The van der Waals surface area contributed by atoms with E-state index in [-0.39, 0.29) is 5.39 Å². The first-order valence-electron chi connectivity index (χ1n) is 5.83. The Morgan fingerprint density at radius 2 is 1.68 bits per heavy atom. The number of benzene rings is 2. The molecule has 1 nitrogen and oxygen atoms in total. The SMILES string of the molecule is Cc1cc(C(F)(F)F)c2ccc3ccccc3c2n1. The number of rotatable bonds is 0. The van der Waals surface area contributed by atoms with Crippen LogP contribution in [0.3, 0.4) is 0 Å². The molecular formula is C15H10F3N. The Balaban J connectivity index is 2.52. The van der Waals surface area contributed by atoms with E-state index in [1.807, 2.05) is 12.1 Å². The van der Waals surface area contributed by atoms with Crippen LogP contribution in [0, 0.1) is 6.92 Å². The third-order valence-corrected chi connectivity index (χ3v) is 3.14. The molecule has 0 aliphatic heterocycles. The Labute approximate surface area is 107 Å². The highest BCUT2D eigenvalue weighted by Gasteiger charge is 2.33. The van der Waals surface area contributed by atoms with E-state index in [2.05, 4.69) is 4.98 Å². The first-order chi connectivity index (χ1) is 8.97. The molecule has 0 unspecified atom stereocenters. The van der Waals surface area contributed by atoms with E-state index in [4.69, 9.17) is 0 Å². The summed E-state index contributed by atoms with van der Waals surface area (Å²) in [6, 6.07) is 11.6. The van der Waals surface area contributed by atoms with E-state index >= 15 is 0 Å². The van der Waals surface area contributed by atoms with Crippen molar-refractivity contribution in [2.24, 2.45) is 0 Å². The molecule has 0 aliphatic carbocycles. The van der Waals surface area contributed by atoms with E-state index in [0.717, 1.165) is 16.8 Å². The first kappa shape index (κ1) is 12.0. The lowest BCUT2D eigenvalue weighted by Gasteiger charge is -2.12. The summed E-state index contributed by atoms with van der Waals surface area (Å²) in [6.07, 6.45) is -4.37. The van der Waals surface area contributed by atoms with Gasteiger partial charge in [-0.15, -0.1) is 0 Å². The molecule has 0 N–H and O–H groups in total. The molecule has 3 rings (SSSR count). The summed E-state index contributed by atoms with van der Waals surface area (Å²) in [4.78, 5) is 4.28. The molecule has 0 atom stereocenters.